The van der Waals surface area contributed by atoms with E-state index in [2.05, 4.69) is 0 Å². The first-order chi connectivity index (χ1) is 3.63. The second-order valence-corrected chi connectivity index (χ2v) is 3.86. The minimum atomic E-state index is -2.51. The lowest BCUT2D eigenvalue weighted by molar-refractivity contribution is 0.494. The molecule has 58 valence electrons. The van der Waals surface area contributed by atoms with Crippen LogP contribution in [-0.4, -0.2) is 22.1 Å². The van der Waals surface area contributed by atoms with Gasteiger partial charge in [-0.2, -0.15) is 0 Å². The molecule has 9 heavy (non-hydrogen) atoms. The lowest BCUT2D eigenvalue weighted by Gasteiger charge is -1.88. The quantitative estimate of drug-likeness (QED) is 0.526. The maximum atomic E-state index is 9.86. The first kappa shape index (κ1) is 12.1. The van der Waals surface area contributed by atoms with Crippen molar-refractivity contribution < 1.29 is 18.9 Å². The molecule has 0 aromatic heterocycles. The summed E-state index contributed by atoms with van der Waals surface area (Å²) in [5.41, 5.74) is 0. The molecule has 0 aromatic carbocycles. The van der Waals surface area contributed by atoms with Crippen molar-refractivity contribution in [3.63, 3.8) is 0 Å². The van der Waals surface area contributed by atoms with Crippen molar-refractivity contribution in [2.24, 2.45) is 0 Å². The van der Waals surface area contributed by atoms with Crippen LogP contribution in [-0.2, 0) is 9.13 Å². The van der Waals surface area contributed by atoms with Gasteiger partial charge in [-0.25, -0.2) is 0 Å². The fourth-order valence-electron chi connectivity index (χ4n) is 0.214. The van der Waals surface area contributed by atoms with Crippen molar-refractivity contribution in [1.82, 2.24) is 6.15 Å². The van der Waals surface area contributed by atoms with Gasteiger partial charge in [-0.05, 0) is 0 Å². The number of hydrogen-bond donors (Lipinski definition) is 3. The van der Waals surface area contributed by atoms with Gasteiger partial charge in [0.25, 0.3) is 0 Å². The Morgan fingerprint density at radius 1 is 1.00 bits per heavy atom. The minimum absolute atomic E-state index is 0. The first-order valence-corrected chi connectivity index (χ1v) is 5.19. The second-order valence-electron chi connectivity index (χ2n) is 1.29. The maximum Gasteiger partial charge on any atom is 0.189 e. The Kier molecular flexibility index (Phi) is 8.66. The molecule has 0 aromatic rings. The Morgan fingerprint density at radius 2 is 1.22 bits per heavy atom. The van der Waals surface area contributed by atoms with Crippen LogP contribution in [0.4, 0.5) is 0 Å². The van der Waals surface area contributed by atoms with Gasteiger partial charge in [0.2, 0.25) is 0 Å². The van der Waals surface area contributed by atoms with E-state index in [1.807, 2.05) is 0 Å². The average molecular weight is 175 g/mol. The fourth-order valence-corrected chi connectivity index (χ4v) is 1.92. The first-order valence-electron chi connectivity index (χ1n) is 2.06. The molecule has 5 N–H and O–H groups in total. The highest BCUT2D eigenvalue weighted by molar-refractivity contribution is 7.42. The summed E-state index contributed by atoms with van der Waals surface area (Å²) in [7, 11) is -5.03. The van der Waals surface area contributed by atoms with E-state index < -0.39 is 16.1 Å². The van der Waals surface area contributed by atoms with E-state index in [4.69, 9.17) is 9.79 Å². The fraction of sp³-hybridized carbons (Fsp3) is 1.00. The van der Waals surface area contributed by atoms with Gasteiger partial charge in [0.15, 0.2) is 16.1 Å². The van der Waals surface area contributed by atoms with E-state index in [0.717, 1.165) is 0 Å². The number of hydrogen-bond acceptors (Lipinski definition) is 3. The van der Waals surface area contributed by atoms with Gasteiger partial charge in [0.1, 0.15) is 0 Å². The second kappa shape index (κ2) is 6.46. The summed E-state index contributed by atoms with van der Waals surface area (Å²) in [6.45, 7) is 0. The third-order valence-electron chi connectivity index (χ3n) is 0.553. The van der Waals surface area contributed by atoms with Crippen molar-refractivity contribution in [2.75, 3.05) is 12.3 Å². The van der Waals surface area contributed by atoms with Crippen LogP contribution in [0.1, 0.15) is 0 Å². The summed E-state index contributed by atoms with van der Waals surface area (Å²) in [5.74, 6) is 0. The van der Waals surface area contributed by atoms with E-state index in [1.54, 1.807) is 0 Å². The molecule has 0 fully saturated rings. The predicted molar refractivity (Wildman–Crippen MR) is 37.2 cm³/mol. The third kappa shape index (κ3) is 11.8. The Morgan fingerprint density at radius 3 is 1.33 bits per heavy atom. The van der Waals surface area contributed by atoms with Crippen molar-refractivity contribution >= 4 is 16.1 Å². The van der Waals surface area contributed by atoms with Crippen LogP contribution in [0.5, 0.6) is 0 Å². The summed E-state index contributed by atoms with van der Waals surface area (Å²) in [5, 5.41) is 0. The SMILES string of the molecule is N.O=[PH](O)CC[PH](=O)O. The highest BCUT2D eigenvalue weighted by atomic mass is 31.1. The smallest absolute Gasteiger partial charge is 0.189 e. The molecule has 2 unspecified atom stereocenters. The molecule has 7 heteroatoms. The van der Waals surface area contributed by atoms with Crippen LogP contribution in [0.15, 0.2) is 0 Å². The molecule has 0 saturated heterocycles. The summed E-state index contributed by atoms with van der Waals surface area (Å²) >= 11 is 0. The van der Waals surface area contributed by atoms with Crippen LogP contribution >= 0.6 is 16.1 Å². The molecule has 5 nitrogen and oxygen atoms in total. The van der Waals surface area contributed by atoms with Crippen LogP contribution in [0.3, 0.4) is 0 Å². The molecular weight excluding hydrogens is 164 g/mol. The Hall–Kier alpha value is 0.340. The van der Waals surface area contributed by atoms with E-state index in [9.17, 15) is 9.13 Å². The Bertz CT molecular complexity index is 101. The van der Waals surface area contributed by atoms with E-state index in [1.165, 1.54) is 0 Å². The van der Waals surface area contributed by atoms with Gasteiger partial charge in [-0.15, -0.1) is 0 Å². The molecule has 0 saturated carbocycles. The molecule has 0 spiro atoms. The third-order valence-corrected chi connectivity index (χ3v) is 2.41. The topological polar surface area (TPSA) is 110 Å². The molecule has 0 bridgehead atoms. The van der Waals surface area contributed by atoms with Crippen LogP contribution in [0.25, 0.3) is 0 Å². The van der Waals surface area contributed by atoms with Crippen molar-refractivity contribution in [2.45, 2.75) is 0 Å². The van der Waals surface area contributed by atoms with Crippen molar-refractivity contribution in [3.05, 3.63) is 0 Å². The minimum Gasteiger partial charge on any atom is -0.346 e. The van der Waals surface area contributed by atoms with E-state index >= 15 is 0 Å². The van der Waals surface area contributed by atoms with E-state index in [0.29, 0.717) is 0 Å². The summed E-state index contributed by atoms with van der Waals surface area (Å²) in [6, 6.07) is 0. The van der Waals surface area contributed by atoms with Gasteiger partial charge in [0.05, 0.1) is 0 Å². The van der Waals surface area contributed by atoms with Crippen molar-refractivity contribution in [3.8, 4) is 0 Å². The summed E-state index contributed by atoms with van der Waals surface area (Å²) in [6.07, 6.45) is -0.0576. The Balaban J connectivity index is 0. The molecule has 0 radical (unpaired) electrons. The van der Waals surface area contributed by atoms with Gasteiger partial charge in [-0.1, -0.05) is 0 Å². The number of rotatable bonds is 3. The lowest BCUT2D eigenvalue weighted by Crippen LogP contribution is -1.79. The summed E-state index contributed by atoms with van der Waals surface area (Å²) in [4.78, 5) is 16.2. The standard InChI is InChI=1S/C2H8O4P2.H3N/c3-7(4)1-2-8(5)6;/h7-8H,1-2H2,(H,3,4)(H,5,6);1H3. The van der Waals surface area contributed by atoms with Gasteiger partial charge in [-0.3, -0.25) is 9.13 Å². The summed E-state index contributed by atoms with van der Waals surface area (Å²) < 4.78 is 19.7. The molecule has 0 aliphatic rings. The largest absolute Gasteiger partial charge is 0.346 e. The molecule has 0 aliphatic heterocycles. The molecule has 0 amide bonds. The van der Waals surface area contributed by atoms with Gasteiger partial charge >= 0.3 is 0 Å². The zero-order valence-electron chi connectivity index (χ0n) is 4.83. The molecule has 0 heterocycles. The van der Waals surface area contributed by atoms with E-state index in [-0.39, 0.29) is 18.5 Å². The van der Waals surface area contributed by atoms with Gasteiger partial charge in [0, 0.05) is 12.3 Å². The zero-order chi connectivity index (χ0) is 6.57. The highest BCUT2D eigenvalue weighted by Crippen LogP contribution is 2.20. The Labute approximate surface area is 54.4 Å². The molecular formula is C2H11NO4P2. The molecule has 0 rings (SSSR count). The van der Waals surface area contributed by atoms with Crippen LogP contribution in [0, 0.1) is 0 Å². The van der Waals surface area contributed by atoms with Crippen LogP contribution in [0.2, 0.25) is 0 Å². The van der Waals surface area contributed by atoms with Crippen LogP contribution < -0.4 is 6.15 Å². The highest BCUT2D eigenvalue weighted by Gasteiger charge is 1.95. The molecule has 0 aliphatic carbocycles. The molecule has 2 atom stereocenters. The monoisotopic (exact) mass is 175 g/mol. The lowest BCUT2D eigenvalue weighted by atomic mass is 11.0. The average Bonchev–Trinajstić information content (AvgIpc) is 1.61. The predicted octanol–water partition coefficient (Wildman–Crippen LogP) is 0.0824. The maximum absolute atomic E-state index is 9.86. The zero-order valence-corrected chi connectivity index (χ0v) is 6.83. The normalized spacial score (nSPS) is 15.8. The van der Waals surface area contributed by atoms with Crippen molar-refractivity contribution in [1.29, 1.82) is 0 Å². The van der Waals surface area contributed by atoms with Gasteiger partial charge < -0.3 is 15.9 Å².